The molecule has 0 saturated carbocycles. The molecule has 1 atom stereocenters. The summed E-state index contributed by atoms with van der Waals surface area (Å²) >= 11 is 5.82. The summed E-state index contributed by atoms with van der Waals surface area (Å²) in [5.41, 5.74) is 3.27. The van der Waals surface area contributed by atoms with Gasteiger partial charge in [-0.25, -0.2) is 9.97 Å². The summed E-state index contributed by atoms with van der Waals surface area (Å²) in [4.78, 5) is 19.9. The molecule has 1 aromatic heterocycles. The van der Waals surface area contributed by atoms with Crippen molar-refractivity contribution < 1.29 is 14.3 Å². The first-order valence-corrected chi connectivity index (χ1v) is 10.1. The molecule has 0 radical (unpaired) electrons. The van der Waals surface area contributed by atoms with Crippen LogP contribution in [0.4, 0.5) is 5.82 Å². The van der Waals surface area contributed by atoms with Crippen LogP contribution in [0.2, 0.25) is 5.28 Å². The normalized spacial score (nSPS) is 15.2. The quantitative estimate of drug-likeness (QED) is 0.373. The Bertz CT molecular complexity index is 829. The number of hydrogen-bond acceptors (Lipinski definition) is 6. The van der Waals surface area contributed by atoms with Crippen LogP contribution < -0.4 is 10.1 Å². The Hall–Kier alpha value is -2.34. The molecule has 150 valence electrons. The van der Waals surface area contributed by atoms with Crippen molar-refractivity contribution in [2.75, 3.05) is 18.5 Å². The van der Waals surface area contributed by atoms with E-state index in [2.05, 4.69) is 21.4 Å². The first kappa shape index (κ1) is 20.4. The number of esters is 1. The van der Waals surface area contributed by atoms with Crippen LogP contribution in [0.1, 0.15) is 55.4 Å². The minimum atomic E-state index is -0.117. The standard InChI is InChI=1S/C21H26ClN3O3/c1-3-5-19(26)28-18-9-6-15-12-16(7-8-17(15)18)27-11-4-10-23-20-14(2)13-24-21(22)25-20/h7-8,12-13,18H,3-6,9-11H2,1-2H3,(H,23,24,25)/t18-/m0/s1. The van der Waals surface area contributed by atoms with Gasteiger partial charge in [0.05, 0.1) is 6.61 Å². The molecule has 28 heavy (non-hydrogen) atoms. The number of anilines is 1. The Kier molecular flexibility index (Phi) is 7.09. The molecule has 1 aliphatic rings. The summed E-state index contributed by atoms with van der Waals surface area (Å²) in [5.74, 6) is 1.48. The van der Waals surface area contributed by atoms with Gasteiger partial charge in [-0.3, -0.25) is 4.79 Å². The third-order valence-corrected chi connectivity index (χ3v) is 4.87. The van der Waals surface area contributed by atoms with Gasteiger partial charge in [0.15, 0.2) is 0 Å². The number of nitrogens with zero attached hydrogens (tertiary/aromatic N) is 2. The van der Waals surface area contributed by atoms with Gasteiger partial charge in [-0.05, 0) is 67.5 Å². The van der Waals surface area contributed by atoms with Crippen molar-refractivity contribution in [3.8, 4) is 5.75 Å². The smallest absolute Gasteiger partial charge is 0.306 e. The third kappa shape index (κ3) is 5.35. The van der Waals surface area contributed by atoms with Crippen molar-refractivity contribution in [1.29, 1.82) is 0 Å². The van der Waals surface area contributed by atoms with E-state index in [0.29, 0.717) is 13.0 Å². The van der Waals surface area contributed by atoms with E-state index in [0.717, 1.165) is 54.9 Å². The average Bonchev–Trinajstić information content (AvgIpc) is 3.06. The molecular weight excluding hydrogens is 378 g/mol. The lowest BCUT2D eigenvalue weighted by Crippen LogP contribution is -2.10. The summed E-state index contributed by atoms with van der Waals surface area (Å²) < 4.78 is 11.5. The molecule has 1 aromatic carbocycles. The van der Waals surface area contributed by atoms with Crippen LogP contribution >= 0.6 is 11.6 Å². The zero-order valence-corrected chi connectivity index (χ0v) is 17.1. The Morgan fingerprint density at radius 3 is 3.07 bits per heavy atom. The van der Waals surface area contributed by atoms with Crippen LogP contribution in [0.15, 0.2) is 24.4 Å². The molecule has 0 saturated heterocycles. The SMILES string of the molecule is CCCC(=O)O[C@H]1CCc2cc(OCCCNc3nc(Cl)ncc3C)ccc21. The number of ether oxygens (including phenoxy) is 2. The average molecular weight is 404 g/mol. The molecule has 0 fully saturated rings. The lowest BCUT2D eigenvalue weighted by atomic mass is 10.1. The molecule has 6 nitrogen and oxygen atoms in total. The van der Waals surface area contributed by atoms with Crippen LogP contribution in [0.3, 0.4) is 0 Å². The van der Waals surface area contributed by atoms with Gasteiger partial charge in [0.25, 0.3) is 0 Å². The number of carbonyl (C=O) groups is 1. The molecule has 2 aromatic rings. The van der Waals surface area contributed by atoms with E-state index in [1.165, 1.54) is 5.56 Å². The van der Waals surface area contributed by atoms with E-state index < -0.39 is 0 Å². The molecule has 1 N–H and O–H groups in total. The van der Waals surface area contributed by atoms with Crippen LogP contribution in [0.25, 0.3) is 0 Å². The van der Waals surface area contributed by atoms with Crippen molar-refractivity contribution in [3.05, 3.63) is 46.4 Å². The zero-order valence-electron chi connectivity index (χ0n) is 16.3. The van der Waals surface area contributed by atoms with Gasteiger partial charge in [0.2, 0.25) is 5.28 Å². The maximum Gasteiger partial charge on any atom is 0.306 e. The number of hydrogen-bond donors (Lipinski definition) is 1. The number of aryl methyl sites for hydroxylation is 2. The van der Waals surface area contributed by atoms with Crippen LogP contribution in [-0.4, -0.2) is 29.1 Å². The fourth-order valence-corrected chi connectivity index (χ4v) is 3.39. The number of carbonyl (C=O) groups excluding carboxylic acids is 1. The van der Waals surface area contributed by atoms with Crippen molar-refractivity contribution in [2.24, 2.45) is 0 Å². The zero-order chi connectivity index (χ0) is 19.9. The number of halogens is 1. The second kappa shape index (κ2) is 9.73. The number of nitrogens with one attached hydrogen (secondary N) is 1. The Morgan fingerprint density at radius 1 is 1.39 bits per heavy atom. The van der Waals surface area contributed by atoms with Crippen molar-refractivity contribution >= 4 is 23.4 Å². The fourth-order valence-electron chi connectivity index (χ4n) is 3.26. The van der Waals surface area contributed by atoms with Crippen LogP contribution in [0, 0.1) is 6.92 Å². The van der Waals surface area contributed by atoms with E-state index in [4.69, 9.17) is 21.1 Å². The first-order valence-electron chi connectivity index (χ1n) is 9.75. The van der Waals surface area contributed by atoms with Gasteiger partial charge in [-0.15, -0.1) is 0 Å². The molecule has 7 heteroatoms. The molecule has 0 spiro atoms. The summed E-state index contributed by atoms with van der Waals surface area (Å²) in [6.45, 7) is 5.24. The van der Waals surface area contributed by atoms with Crippen molar-refractivity contribution in [2.45, 2.75) is 52.1 Å². The second-order valence-corrected chi connectivity index (χ2v) is 7.27. The minimum absolute atomic E-state index is 0.116. The fraction of sp³-hybridized carbons (Fsp3) is 0.476. The van der Waals surface area contributed by atoms with Gasteiger partial charge in [0.1, 0.15) is 17.7 Å². The van der Waals surface area contributed by atoms with Crippen LogP contribution in [0.5, 0.6) is 5.75 Å². The Morgan fingerprint density at radius 2 is 2.25 bits per heavy atom. The number of rotatable bonds is 9. The summed E-state index contributed by atoms with van der Waals surface area (Å²) in [7, 11) is 0. The minimum Gasteiger partial charge on any atom is -0.494 e. The molecule has 1 heterocycles. The van der Waals surface area contributed by atoms with E-state index in [9.17, 15) is 4.79 Å². The predicted molar refractivity (Wildman–Crippen MR) is 109 cm³/mol. The maximum atomic E-state index is 11.8. The van der Waals surface area contributed by atoms with Gasteiger partial charge >= 0.3 is 5.97 Å². The van der Waals surface area contributed by atoms with E-state index in [1.807, 2.05) is 26.0 Å². The Balaban J connectivity index is 1.45. The van der Waals surface area contributed by atoms with E-state index >= 15 is 0 Å². The van der Waals surface area contributed by atoms with Crippen molar-refractivity contribution in [1.82, 2.24) is 9.97 Å². The molecule has 0 aliphatic heterocycles. The van der Waals surface area contributed by atoms with Crippen LogP contribution in [-0.2, 0) is 16.0 Å². The summed E-state index contributed by atoms with van der Waals surface area (Å²) in [6.07, 6.45) is 5.45. The van der Waals surface area contributed by atoms with Crippen molar-refractivity contribution in [3.63, 3.8) is 0 Å². The molecule has 0 unspecified atom stereocenters. The summed E-state index contributed by atoms with van der Waals surface area (Å²) in [6, 6.07) is 6.03. The highest BCUT2D eigenvalue weighted by Gasteiger charge is 2.25. The number of benzene rings is 1. The van der Waals surface area contributed by atoms with E-state index in [-0.39, 0.29) is 17.4 Å². The van der Waals surface area contributed by atoms with E-state index in [1.54, 1.807) is 6.20 Å². The largest absolute Gasteiger partial charge is 0.494 e. The Labute approximate surface area is 170 Å². The number of aromatic nitrogens is 2. The van der Waals surface area contributed by atoms with Gasteiger partial charge in [-0.2, -0.15) is 0 Å². The predicted octanol–water partition coefficient (Wildman–Crippen LogP) is 4.65. The summed E-state index contributed by atoms with van der Waals surface area (Å²) in [5, 5.41) is 3.49. The first-order chi connectivity index (χ1) is 13.6. The molecule has 0 bridgehead atoms. The highest BCUT2D eigenvalue weighted by Crippen LogP contribution is 2.36. The highest BCUT2D eigenvalue weighted by atomic mass is 35.5. The molecule has 0 amide bonds. The molecule has 1 aliphatic carbocycles. The van der Waals surface area contributed by atoms with Gasteiger partial charge < -0.3 is 14.8 Å². The highest BCUT2D eigenvalue weighted by molar-refractivity contribution is 6.28. The lowest BCUT2D eigenvalue weighted by molar-refractivity contribution is -0.149. The van der Waals surface area contributed by atoms with Gasteiger partial charge in [0, 0.05) is 24.7 Å². The van der Waals surface area contributed by atoms with Gasteiger partial charge in [-0.1, -0.05) is 13.0 Å². The number of fused-ring (bicyclic) bond motifs is 1. The molecule has 3 rings (SSSR count). The topological polar surface area (TPSA) is 73.3 Å². The lowest BCUT2D eigenvalue weighted by Gasteiger charge is -2.14. The second-order valence-electron chi connectivity index (χ2n) is 6.93. The molecular formula is C21H26ClN3O3. The monoisotopic (exact) mass is 403 g/mol. The maximum absolute atomic E-state index is 11.8. The third-order valence-electron chi connectivity index (χ3n) is 4.69.